The minimum Gasteiger partial charge on any atom is -0.344 e. The number of aromatic nitrogens is 1. The Morgan fingerprint density at radius 1 is 0.148 bits per heavy atom. The van der Waals surface area contributed by atoms with Gasteiger partial charge in [0.15, 0.2) is 0 Å². The number of fused-ring (bicyclic) bond motifs is 25. The van der Waals surface area contributed by atoms with Crippen molar-refractivity contribution in [2.75, 3.05) is 0 Å². The normalized spacial score (nSPS) is 10.4. The lowest BCUT2D eigenvalue weighted by molar-refractivity contribution is 1.01. The third kappa shape index (κ3) is 18.2. The molecule has 0 saturated heterocycles. The van der Waals surface area contributed by atoms with Crippen LogP contribution < -0.4 is 0 Å². The van der Waals surface area contributed by atoms with E-state index < -0.39 is 0 Å². The van der Waals surface area contributed by atoms with Crippen molar-refractivity contribution in [1.29, 1.82) is 0 Å². The Labute approximate surface area is 683 Å². The molecule has 0 saturated carbocycles. The third-order valence-corrected chi connectivity index (χ3v) is 20.6. The first-order valence-electron chi connectivity index (χ1n) is 41.7. The van der Waals surface area contributed by atoms with Gasteiger partial charge in [0.25, 0.3) is 0 Å². The molecule has 0 bridgehead atoms. The van der Waals surface area contributed by atoms with Gasteiger partial charge in [0.2, 0.25) is 0 Å². The average Bonchev–Trinajstić information content (AvgIpc) is 1.72. The van der Waals surface area contributed by atoms with Crippen molar-refractivity contribution in [2.45, 2.75) is 89.5 Å². The highest BCUT2D eigenvalue weighted by molar-refractivity contribution is 6.26. The van der Waals surface area contributed by atoms with E-state index in [0.717, 1.165) is 6.42 Å². The predicted octanol–water partition coefficient (Wildman–Crippen LogP) is 34.4. The molecule has 20 aromatic carbocycles. The lowest BCUT2D eigenvalue weighted by Gasteiger charge is -2.09. The summed E-state index contributed by atoms with van der Waals surface area (Å²) in [6.07, 6.45) is 1.10. The highest BCUT2D eigenvalue weighted by Crippen LogP contribution is 2.47. The van der Waals surface area contributed by atoms with Gasteiger partial charge in [-0.2, -0.15) is 0 Å². The van der Waals surface area contributed by atoms with Crippen molar-refractivity contribution < 1.29 is 0 Å². The molecule has 21 aromatic rings. The van der Waals surface area contributed by atoms with Crippen molar-refractivity contribution >= 4 is 130 Å². The van der Waals surface area contributed by atoms with Gasteiger partial charge < -0.3 is 4.57 Å². The molecule has 0 fully saturated rings. The van der Waals surface area contributed by atoms with Gasteiger partial charge >= 0.3 is 0 Å². The summed E-state index contributed by atoms with van der Waals surface area (Å²) in [5.74, 6) is 0. The fraction of sp³-hybridized carbons (Fsp3) is 0.123. The quantitative estimate of drug-likeness (QED) is 0.133. The van der Waals surface area contributed by atoms with Crippen LogP contribution in [0, 0.1) is 0 Å². The van der Waals surface area contributed by atoms with Gasteiger partial charge in [-0.1, -0.05) is 483 Å². The van der Waals surface area contributed by atoms with E-state index in [1.165, 1.54) is 174 Å². The van der Waals surface area contributed by atoms with Crippen LogP contribution in [0.3, 0.4) is 0 Å². The predicted molar refractivity (Wildman–Crippen MR) is 515 cm³/mol. The van der Waals surface area contributed by atoms with E-state index in [9.17, 15) is 0 Å². The Balaban J connectivity index is 0.000000130. The van der Waals surface area contributed by atoms with Crippen LogP contribution in [0.25, 0.3) is 163 Å². The van der Waals surface area contributed by atoms with Gasteiger partial charge in [-0.05, 0) is 171 Å². The van der Waals surface area contributed by atoms with Gasteiger partial charge in [0, 0.05) is 28.9 Å². The number of benzene rings is 20. The Hall–Kier alpha value is -13.2. The van der Waals surface area contributed by atoms with Crippen molar-refractivity contribution in [3.8, 4) is 33.4 Å². The molecule has 570 valence electrons. The van der Waals surface area contributed by atoms with Crippen LogP contribution >= 0.6 is 0 Å². The zero-order valence-electron chi connectivity index (χ0n) is 69.4. The van der Waals surface area contributed by atoms with Crippen molar-refractivity contribution in [2.24, 2.45) is 7.05 Å². The molecule has 1 heterocycles. The molecule has 2 aliphatic rings. The molecule has 23 rings (SSSR count). The highest BCUT2D eigenvalue weighted by atomic mass is 14.9. The zero-order chi connectivity index (χ0) is 80.8. The fourth-order valence-corrected chi connectivity index (χ4v) is 15.7. The standard InChI is InChI=1S/2C18H12.C16H10.C14H10.C13H11N.C13H10.C10H8.6C2H6/c2*1-2-8-14-13(7-1)15-9-3-4-11-17(15)18-12-6-5-10-16(14)18;1-2-8-13-12(7-1)14-9-3-5-11-6-4-10-15(13)16(11)14;1-3-7-13-11(5-1)9-10-12-6-2-4-8-14(12)13;1-14-12-8-4-2-6-10(12)11-7-3-5-9-13(11)14;1-3-7-12-10(5-1)9-11-6-2-4-8-13(11)12;1-2-6-10-8-4-3-7-9(10)5-1;6*1-2/h2*1-12H;1-10H;1-10H;2-9H,1H3;1-8H,9H2;1-8H;6*1-2H3. The Bertz CT molecular complexity index is 5820. The topological polar surface area (TPSA) is 4.93 Å². The highest BCUT2D eigenvalue weighted by Gasteiger charge is 2.20. The number of aryl methyl sites for hydroxylation is 1. The summed E-state index contributed by atoms with van der Waals surface area (Å²) < 4.78 is 2.24. The smallest absolute Gasteiger partial charge is 0.0488 e. The van der Waals surface area contributed by atoms with Crippen molar-refractivity contribution in [3.05, 3.63) is 424 Å². The number of rotatable bonds is 0. The second kappa shape index (κ2) is 41.9. The Kier molecular flexibility index (Phi) is 30.1. The lowest BCUT2D eigenvalue weighted by Crippen LogP contribution is -1.84. The molecule has 115 heavy (non-hydrogen) atoms. The number of nitrogens with zero attached hydrogens (tertiary/aromatic N) is 1. The summed E-state index contributed by atoms with van der Waals surface area (Å²) in [6, 6.07) is 146. The molecule has 0 amide bonds. The summed E-state index contributed by atoms with van der Waals surface area (Å²) in [5.41, 5.74) is 13.8. The van der Waals surface area contributed by atoms with Crippen LogP contribution in [0.5, 0.6) is 0 Å². The summed E-state index contributed by atoms with van der Waals surface area (Å²) in [6.45, 7) is 24.0. The fourth-order valence-electron chi connectivity index (χ4n) is 15.7. The summed E-state index contributed by atoms with van der Waals surface area (Å²) in [5, 5.41) is 29.4. The van der Waals surface area contributed by atoms with Gasteiger partial charge in [-0.25, -0.2) is 0 Å². The van der Waals surface area contributed by atoms with Crippen LogP contribution in [0.4, 0.5) is 0 Å². The zero-order valence-corrected chi connectivity index (χ0v) is 69.4. The molecular weight excluding hydrogens is 1380 g/mol. The average molecular weight is 1490 g/mol. The summed E-state index contributed by atoms with van der Waals surface area (Å²) in [4.78, 5) is 0. The van der Waals surface area contributed by atoms with Crippen LogP contribution in [-0.4, -0.2) is 4.57 Å². The van der Waals surface area contributed by atoms with Crippen molar-refractivity contribution in [1.82, 2.24) is 4.57 Å². The van der Waals surface area contributed by atoms with E-state index >= 15 is 0 Å². The molecule has 1 heteroatoms. The van der Waals surface area contributed by atoms with E-state index in [1.54, 1.807) is 0 Å². The van der Waals surface area contributed by atoms with Crippen LogP contribution in [0.2, 0.25) is 0 Å². The van der Waals surface area contributed by atoms with Crippen LogP contribution in [-0.2, 0) is 13.5 Å². The second-order valence-electron chi connectivity index (χ2n) is 26.5. The molecule has 0 aliphatic heterocycles. The molecule has 0 unspecified atom stereocenters. The number of para-hydroxylation sites is 2. The van der Waals surface area contributed by atoms with E-state index in [0.29, 0.717) is 0 Å². The monoisotopic (exact) mass is 1490 g/mol. The Morgan fingerprint density at radius 2 is 0.339 bits per heavy atom. The number of hydrogen-bond acceptors (Lipinski definition) is 0. The van der Waals surface area contributed by atoms with E-state index in [-0.39, 0.29) is 0 Å². The number of hydrogen-bond donors (Lipinski definition) is 0. The second-order valence-corrected chi connectivity index (χ2v) is 26.5. The largest absolute Gasteiger partial charge is 0.344 e. The third-order valence-electron chi connectivity index (χ3n) is 20.6. The van der Waals surface area contributed by atoms with Gasteiger partial charge in [0.05, 0.1) is 0 Å². The minimum atomic E-state index is 1.10. The molecule has 0 radical (unpaired) electrons. The molecule has 0 N–H and O–H groups in total. The molecule has 1 aromatic heterocycles. The van der Waals surface area contributed by atoms with E-state index in [2.05, 4.69) is 424 Å². The first-order valence-corrected chi connectivity index (χ1v) is 41.7. The lowest BCUT2D eigenvalue weighted by atomic mass is 9.95. The molecule has 1 nitrogen and oxygen atoms in total. The maximum atomic E-state index is 2.24. The van der Waals surface area contributed by atoms with Crippen LogP contribution in [0.1, 0.15) is 94.2 Å². The molecular formula is C114H109N. The minimum absolute atomic E-state index is 1.10. The first kappa shape index (κ1) is 82.8. The van der Waals surface area contributed by atoms with Crippen molar-refractivity contribution in [3.63, 3.8) is 0 Å². The van der Waals surface area contributed by atoms with Gasteiger partial charge in [-0.15, -0.1) is 0 Å². The van der Waals surface area contributed by atoms with Gasteiger partial charge in [0.1, 0.15) is 0 Å². The molecule has 0 atom stereocenters. The Morgan fingerprint density at radius 3 is 0.617 bits per heavy atom. The maximum absolute atomic E-state index is 2.24. The van der Waals surface area contributed by atoms with Crippen LogP contribution in [0.15, 0.2) is 413 Å². The summed E-state index contributed by atoms with van der Waals surface area (Å²) in [7, 11) is 2.12. The van der Waals surface area contributed by atoms with E-state index in [1.807, 2.05) is 83.1 Å². The SMILES string of the molecule is CC.CC.CC.CC.CC.CC.Cn1c2ccccc2c2ccccc21.c1ccc2c(c1)-c1cccc3cccc-2c13.c1ccc2c(c1)Cc1ccccc1-2.c1ccc2c(c1)c1ccccc1c1ccccc21.c1ccc2c(c1)c1ccccc1c1ccccc21.c1ccc2c(c1)ccc1ccccc12.c1ccc2ccccc2c1. The first-order chi connectivity index (χ1) is 57.1. The molecule has 2 aliphatic carbocycles. The van der Waals surface area contributed by atoms with Gasteiger partial charge in [-0.3, -0.25) is 0 Å². The van der Waals surface area contributed by atoms with E-state index in [4.69, 9.17) is 0 Å². The summed E-state index contributed by atoms with van der Waals surface area (Å²) >= 11 is 0. The molecule has 0 spiro atoms. The maximum Gasteiger partial charge on any atom is 0.0488 e.